The molecular formula is C27H29N3O4S. The summed E-state index contributed by atoms with van der Waals surface area (Å²) in [6.07, 6.45) is 3.69. The van der Waals surface area contributed by atoms with Crippen LogP contribution in [0.2, 0.25) is 0 Å². The molecule has 3 amide bonds. The van der Waals surface area contributed by atoms with Crippen molar-refractivity contribution >= 4 is 29.1 Å². The van der Waals surface area contributed by atoms with Gasteiger partial charge in [-0.15, -0.1) is 11.3 Å². The van der Waals surface area contributed by atoms with Gasteiger partial charge in [-0.1, -0.05) is 36.4 Å². The predicted molar refractivity (Wildman–Crippen MR) is 134 cm³/mol. The minimum Gasteiger partial charge on any atom is -0.492 e. The molecule has 1 fully saturated rings. The Morgan fingerprint density at radius 2 is 1.97 bits per heavy atom. The second-order valence-electron chi connectivity index (χ2n) is 8.74. The molecule has 7 nitrogen and oxygen atoms in total. The van der Waals surface area contributed by atoms with E-state index in [0.29, 0.717) is 24.3 Å². The Morgan fingerprint density at radius 3 is 2.66 bits per heavy atom. The molecular weight excluding hydrogens is 462 g/mol. The molecule has 35 heavy (non-hydrogen) atoms. The van der Waals surface area contributed by atoms with E-state index in [9.17, 15) is 14.4 Å². The van der Waals surface area contributed by atoms with E-state index in [2.05, 4.69) is 4.98 Å². The summed E-state index contributed by atoms with van der Waals surface area (Å²) < 4.78 is 5.66. The minimum absolute atomic E-state index is 0.0216. The van der Waals surface area contributed by atoms with Crippen molar-refractivity contribution in [1.29, 1.82) is 0 Å². The third kappa shape index (κ3) is 5.27. The summed E-state index contributed by atoms with van der Waals surface area (Å²) in [6, 6.07) is 16.6. The number of benzene rings is 1. The van der Waals surface area contributed by atoms with Gasteiger partial charge in [0.15, 0.2) is 0 Å². The molecule has 0 saturated carbocycles. The fraction of sp³-hybridized carbons (Fsp3) is 0.333. The molecule has 0 spiro atoms. The zero-order valence-electron chi connectivity index (χ0n) is 19.9. The Labute approximate surface area is 209 Å². The molecule has 182 valence electrons. The number of carbonyl (C=O) groups excluding carboxylic acids is 3. The Hall–Kier alpha value is -3.52. The SMILES string of the molecule is C[C@H](c1cccs1)N(C)C(=O)C[C@@]1(c2ccccc2)CC(=O)N(CCCOc2cccnc2)C1=O. The van der Waals surface area contributed by atoms with Gasteiger partial charge in [0.2, 0.25) is 17.7 Å². The third-order valence-electron chi connectivity index (χ3n) is 6.55. The second kappa shape index (κ2) is 10.8. The molecule has 2 atom stereocenters. The van der Waals surface area contributed by atoms with Crippen molar-refractivity contribution in [3.8, 4) is 5.75 Å². The molecule has 0 radical (unpaired) electrons. The molecule has 4 rings (SSSR count). The van der Waals surface area contributed by atoms with E-state index in [1.54, 1.807) is 47.8 Å². The van der Waals surface area contributed by atoms with Crippen molar-refractivity contribution in [1.82, 2.24) is 14.8 Å². The van der Waals surface area contributed by atoms with Gasteiger partial charge < -0.3 is 9.64 Å². The number of ether oxygens (including phenoxy) is 1. The molecule has 1 aromatic carbocycles. The molecule has 3 heterocycles. The second-order valence-corrected chi connectivity index (χ2v) is 9.72. The van der Waals surface area contributed by atoms with Gasteiger partial charge in [0.25, 0.3) is 0 Å². The van der Waals surface area contributed by atoms with Crippen LogP contribution in [0.15, 0.2) is 72.4 Å². The van der Waals surface area contributed by atoms with Gasteiger partial charge >= 0.3 is 0 Å². The predicted octanol–water partition coefficient (Wildman–Crippen LogP) is 4.22. The quantitative estimate of drug-likeness (QED) is 0.313. The van der Waals surface area contributed by atoms with Crippen molar-refractivity contribution in [2.45, 2.75) is 37.6 Å². The van der Waals surface area contributed by atoms with Crippen molar-refractivity contribution in [2.75, 3.05) is 20.2 Å². The standard InChI is InChI=1S/C27H29N3O4S/c1-20(23-12-7-16-35-23)29(2)24(31)17-27(21-9-4-3-5-10-21)18-25(32)30(26(27)33)14-8-15-34-22-11-6-13-28-19-22/h3-7,9-13,16,19-20H,8,14-15,17-18H2,1-2H3/t20-,27+/m1/s1. The van der Waals surface area contributed by atoms with Crippen LogP contribution in [-0.4, -0.2) is 52.7 Å². The molecule has 0 aliphatic carbocycles. The van der Waals surface area contributed by atoms with Crippen molar-refractivity contribution in [2.24, 2.45) is 0 Å². The zero-order valence-corrected chi connectivity index (χ0v) is 20.7. The topological polar surface area (TPSA) is 79.8 Å². The summed E-state index contributed by atoms with van der Waals surface area (Å²) >= 11 is 1.59. The average Bonchev–Trinajstić information content (AvgIpc) is 3.50. The van der Waals surface area contributed by atoms with Crippen LogP contribution in [0.5, 0.6) is 5.75 Å². The number of nitrogens with zero attached hydrogens (tertiary/aromatic N) is 3. The lowest BCUT2D eigenvalue weighted by Gasteiger charge is -2.31. The number of carbonyl (C=O) groups is 3. The van der Waals surface area contributed by atoms with E-state index < -0.39 is 5.41 Å². The molecule has 2 aromatic heterocycles. The maximum absolute atomic E-state index is 13.7. The van der Waals surface area contributed by atoms with E-state index in [4.69, 9.17) is 4.74 Å². The zero-order chi connectivity index (χ0) is 24.8. The van der Waals surface area contributed by atoms with Crippen LogP contribution < -0.4 is 4.74 Å². The van der Waals surface area contributed by atoms with Crippen molar-refractivity contribution < 1.29 is 19.1 Å². The smallest absolute Gasteiger partial charge is 0.240 e. The van der Waals surface area contributed by atoms with E-state index in [0.717, 1.165) is 4.88 Å². The molecule has 8 heteroatoms. The number of rotatable bonds is 10. The molecule has 1 saturated heterocycles. The summed E-state index contributed by atoms with van der Waals surface area (Å²) in [5.74, 6) is -0.112. The number of imide groups is 1. The van der Waals surface area contributed by atoms with Gasteiger partial charge in [-0.05, 0) is 42.5 Å². The molecule has 3 aromatic rings. The lowest BCUT2D eigenvalue weighted by Crippen LogP contribution is -2.43. The Balaban J connectivity index is 1.49. The van der Waals surface area contributed by atoms with E-state index in [1.807, 2.05) is 54.8 Å². The lowest BCUT2D eigenvalue weighted by atomic mass is 9.75. The van der Waals surface area contributed by atoms with Gasteiger partial charge in [-0.25, -0.2) is 0 Å². The van der Waals surface area contributed by atoms with Crippen molar-refractivity contribution in [3.63, 3.8) is 0 Å². The number of hydrogen-bond donors (Lipinski definition) is 0. The van der Waals surface area contributed by atoms with E-state index >= 15 is 0 Å². The number of aromatic nitrogens is 1. The number of pyridine rings is 1. The summed E-state index contributed by atoms with van der Waals surface area (Å²) in [6.45, 7) is 2.55. The molecule has 0 bridgehead atoms. The average molecular weight is 492 g/mol. The van der Waals surface area contributed by atoms with Gasteiger partial charge in [-0.2, -0.15) is 0 Å². The first-order valence-electron chi connectivity index (χ1n) is 11.6. The van der Waals surface area contributed by atoms with Gasteiger partial charge in [0.05, 0.1) is 24.3 Å². The van der Waals surface area contributed by atoms with Crippen molar-refractivity contribution in [3.05, 3.63) is 82.8 Å². The van der Waals surface area contributed by atoms with Crippen LogP contribution in [0.1, 0.15) is 42.7 Å². The molecule has 0 unspecified atom stereocenters. The number of likely N-dealkylation sites (tertiary alicyclic amines) is 1. The van der Waals surface area contributed by atoms with E-state index in [1.165, 1.54) is 4.90 Å². The summed E-state index contributed by atoms with van der Waals surface area (Å²) in [5.41, 5.74) is -0.513. The number of amides is 3. The third-order valence-corrected chi connectivity index (χ3v) is 7.59. The fourth-order valence-corrected chi connectivity index (χ4v) is 5.24. The van der Waals surface area contributed by atoms with Crippen LogP contribution in [-0.2, 0) is 19.8 Å². The van der Waals surface area contributed by atoms with Gasteiger partial charge in [-0.3, -0.25) is 24.3 Å². The number of thiophene rings is 1. The first-order chi connectivity index (χ1) is 16.9. The number of hydrogen-bond acceptors (Lipinski definition) is 6. The van der Waals surface area contributed by atoms with Gasteiger partial charge in [0, 0.05) is 37.5 Å². The molecule has 1 aliphatic rings. The monoisotopic (exact) mass is 491 g/mol. The fourth-order valence-electron chi connectivity index (χ4n) is 4.41. The maximum Gasteiger partial charge on any atom is 0.240 e. The van der Waals surface area contributed by atoms with Crippen LogP contribution >= 0.6 is 11.3 Å². The summed E-state index contributed by atoms with van der Waals surface area (Å²) in [7, 11) is 1.75. The minimum atomic E-state index is -1.21. The highest BCUT2D eigenvalue weighted by Gasteiger charge is 2.53. The summed E-state index contributed by atoms with van der Waals surface area (Å²) in [4.78, 5) is 48.2. The normalized spacial score (nSPS) is 18.5. The van der Waals surface area contributed by atoms with Crippen LogP contribution in [0.4, 0.5) is 0 Å². The Bertz CT molecular complexity index is 1150. The molecule has 1 aliphatic heterocycles. The van der Waals surface area contributed by atoms with Gasteiger partial charge in [0.1, 0.15) is 5.75 Å². The van der Waals surface area contributed by atoms with Crippen LogP contribution in [0.3, 0.4) is 0 Å². The van der Waals surface area contributed by atoms with E-state index in [-0.39, 0.29) is 43.1 Å². The highest BCUT2D eigenvalue weighted by atomic mass is 32.1. The first-order valence-corrected chi connectivity index (χ1v) is 12.5. The maximum atomic E-state index is 13.7. The molecule has 0 N–H and O–H groups in total. The largest absolute Gasteiger partial charge is 0.492 e. The van der Waals surface area contributed by atoms with Crippen LogP contribution in [0.25, 0.3) is 0 Å². The highest BCUT2D eigenvalue weighted by molar-refractivity contribution is 7.10. The summed E-state index contributed by atoms with van der Waals surface area (Å²) in [5, 5.41) is 1.98. The van der Waals surface area contributed by atoms with Crippen LogP contribution in [0, 0.1) is 0 Å². The highest BCUT2D eigenvalue weighted by Crippen LogP contribution is 2.41. The first kappa shape index (κ1) is 24.6. The Morgan fingerprint density at radius 1 is 1.17 bits per heavy atom. The lowest BCUT2D eigenvalue weighted by molar-refractivity contribution is -0.143. The Kier molecular flexibility index (Phi) is 7.60.